The Kier molecular flexibility index (Phi) is 5.33. The first-order valence-electron chi connectivity index (χ1n) is 9.71. The summed E-state index contributed by atoms with van der Waals surface area (Å²) in [6.07, 6.45) is 2.81. The first kappa shape index (κ1) is 20.5. The predicted octanol–water partition coefficient (Wildman–Crippen LogP) is 4.42. The van der Waals surface area contributed by atoms with Crippen LogP contribution in [0.15, 0.2) is 83.4 Å². The summed E-state index contributed by atoms with van der Waals surface area (Å²) in [6.45, 7) is 0. The smallest absolute Gasteiger partial charge is 0.280 e. The molecule has 0 saturated carbocycles. The van der Waals surface area contributed by atoms with Crippen molar-refractivity contribution in [1.29, 1.82) is 0 Å². The Labute approximate surface area is 189 Å². The van der Waals surface area contributed by atoms with Crippen LogP contribution in [0.4, 0.5) is 10.1 Å². The highest BCUT2D eigenvalue weighted by molar-refractivity contribution is 7.17. The maximum atomic E-state index is 14.7. The van der Waals surface area contributed by atoms with Crippen LogP contribution in [0.25, 0.3) is 15.9 Å². The molecule has 3 aromatic heterocycles. The van der Waals surface area contributed by atoms with Crippen LogP contribution in [0.3, 0.4) is 0 Å². The number of halogens is 1. The number of benzene rings is 2. The number of nitrogens with zero attached hydrogens (tertiary/aromatic N) is 4. The fourth-order valence-electron chi connectivity index (χ4n) is 3.08. The van der Waals surface area contributed by atoms with Gasteiger partial charge in [-0.1, -0.05) is 18.2 Å². The fourth-order valence-corrected chi connectivity index (χ4v) is 3.85. The number of rotatable bonds is 5. The molecule has 0 aliphatic rings. The molecule has 1 amide bonds. The highest BCUT2D eigenvalue weighted by Crippen LogP contribution is 2.32. The van der Waals surface area contributed by atoms with Crippen LogP contribution in [0.2, 0.25) is 0 Å². The van der Waals surface area contributed by atoms with Crippen molar-refractivity contribution in [2.75, 3.05) is 5.32 Å². The fraction of sp³-hybridized carbons (Fsp3) is 0. The average Bonchev–Trinajstić information content (AvgIpc) is 3.31. The predicted molar refractivity (Wildman–Crippen MR) is 122 cm³/mol. The van der Waals surface area contributed by atoms with E-state index in [-0.39, 0.29) is 23.0 Å². The van der Waals surface area contributed by atoms with Gasteiger partial charge >= 0.3 is 0 Å². The Morgan fingerprint density at radius 1 is 1.06 bits per heavy atom. The van der Waals surface area contributed by atoms with E-state index in [1.54, 1.807) is 12.1 Å². The minimum Gasteiger partial charge on any atom is -0.434 e. The lowest BCUT2D eigenvalue weighted by atomic mass is 10.2. The number of thiophene rings is 1. The summed E-state index contributed by atoms with van der Waals surface area (Å²) in [5.41, 5.74) is 0.659. The summed E-state index contributed by atoms with van der Waals surface area (Å²) in [5, 5.41) is 8.46. The first-order chi connectivity index (χ1) is 16.1. The van der Waals surface area contributed by atoms with E-state index in [2.05, 4.69) is 20.4 Å². The Hall–Kier alpha value is -4.44. The van der Waals surface area contributed by atoms with Crippen molar-refractivity contribution in [3.63, 3.8) is 0 Å². The molecule has 10 heteroatoms. The van der Waals surface area contributed by atoms with Gasteiger partial charge in [-0.2, -0.15) is 5.10 Å². The van der Waals surface area contributed by atoms with E-state index in [1.807, 2.05) is 29.6 Å². The van der Waals surface area contributed by atoms with Crippen molar-refractivity contribution in [2.45, 2.75) is 0 Å². The number of fused-ring (bicyclic) bond motifs is 1. The standard InChI is InChI=1S/C23H14FN5O3S/c24-16-12-14(6-7-19(16)32-23-21-17(9-11-33-21)25-13-26-23)27-22(31)20-18(30)8-10-29(28-20)15-4-2-1-3-5-15/h1-13H,(H,27,31). The van der Waals surface area contributed by atoms with Gasteiger partial charge in [0.25, 0.3) is 5.91 Å². The van der Waals surface area contributed by atoms with Crippen LogP contribution in [-0.2, 0) is 0 Å². The van der Waals surface area contributed by atoms with Gasteiger partial charge < -0.3 is 10.1 Å². The molecule has 2 aromatic carbocycles. The number of aromatic nitrogens is 4. The van der Waals surface area contributed by atoms with Crippen LogP contribution < -0.4 is 15.5 Å². The van der Waals surface area contributed by atoms with Crippen LogP contribution in [-0.4, -0.2) is 25.7 Å². The van der Waals surface area contributed by atoms with Crippen molar-refractivity contribution >= 4 is 33.1 Å². The molecule has 162 valence electrons. The van der Waals surface area contributed by atoms with E-state index in [0.29, 0.717) is 15.9 Å². The summed E-state index contributed by atoms with van der Waals surface area (Å²) in [5.74, 6) is -1.29. The van der Waals surface area contributed by atoms with Crippen LogP contribution in [0, 0.1) is 5.82 Å². The number of carbonyl (C=O) groups excluding carboxylic acids is 1. The summed E-state index contributed by atoms with van der Waals surface area (Å²) >= 11 is 1.38. The van der Waals surface area contributed by atoms with Gasteiger partial charge in [-0.05, 0) is 35.7 Å². The SMILES string of the molecule is O=C(Nc1ccc(Oc2ncnc3ccsc23)c(F)c1)c1nn(-c2ccccc2)ccc1=O. The van der Waals surface area contributed by atoms with E-state index in [4.69, 9.17) is 4.74 Å². The summed E-state index contributed by atoms with van der Waals surface area (Å²) in [4.78, 5) is 33.1. The highest BCUT2D eigenvalue weighted by atomic mass is 32.1. The third-order valence-corrected chi connectivity index (χ3v) is 5.54. The molecule has 5 rings (SSSR count). The zero-order valence-electron chi connectivity index (χ0n) is 16.8. The van der Waals surface area contributed by atoms with Gasteiger partial charge in [0, 0.05) is 24.0 Å². The van der Waals surface area contributed by atoms with E-state index >= 15 is 0 Å². The third kappa shape index (κ3) is 4.19. The molecule has 0 atom stereocenters. The molecule has 0 saturated heterocycles. The lowest BCUT2D eigenvalue weighted by Gasteiger charge is -2.10. The molecular formula is C23H14FN5O3S. The average molecular weight is 459 g/mol. The zero-order chi connectivity index (χ0) is 22.8. The minimum absolute atomic E-state index is 0.0642. The van der Waals surface area contributed by atoms with E-state index in [0.717, 1.165) is 6.07 Å². The number of hydrogen-bond acceptors (Lipinski definition) is 7. The molecule has 0 spiro atoms. The Morgan fingerprint density at radius 2 is 1.91 bits per heavy atom. The van der Waals surface area contributed by atoms with Gasteiger partial charge in [0.1, 0.15) is 11.0 Å². The minimum atomic E-state index is -0.755. The van der Waals surface area contributed by atoms with Gasteiger partial charge in [-0.15, -0.1) is 11.3 Å². The van der Waals surface area contributed by atoms with Crippen molar-refractivity contribution in [1.82, 2.24) is 19.7 Å². The monoisotopic (exact) mass is 459 g/mol. The molecule has 0 aliphatic carbocycles. The van der Waals surface area contributed by atoms with Gasteiger partial charge in [-0.3, -0.25) is 9.59 Å². The summed E-state index contributed by atoms with van der Waals surface area (Å²) < 4.78 is 22.4. The molecule has 0 bridgehead atoms. The van der Waals surface area contributed by atoms with Crippen molar-refractivity contribution in [3.8, 4) is 17.3 Å². The van der Waals surface area contributed by atoms with Crippen LogP contribution in [0.1, 0.15) is 10.5 Å². The van der Waals surface area contributed by atoms with E-state index < -0.39 is 17.2 Å². The maximum Gasteiger partial charge on any atom is 0.280 e. The van der Waals surface area contributed by atoms with E-state index in [9.17, 15) is 14.0 Å². The Bertz CT molecular complexity index is 1530. The Balaban J connectivity index is 1.37. The molecular weight excluding hydrogens is 445 g/mol. The zero-order valence-corrected chi connectivity index (χ0v) is 17.6. The van der Waals surface area contributed by atoms with Crippen molar-refractivity contribution in [3.05, 3.63) is 100 Å². The molecule has 0 unspecified atom stereocenters. The van der Waals surface area contributed by atoms with Gasteiger partial charge in [0.05, 0.1) is 11.2 Å². The maximum absolute atomic E-state index is 14.7. The third-order valence-electron chi connectivity index (χ3n) is 4.65. The van der Waals surface area contributed by atoms with Crippen LogP contribution >= 0.6 is 11.3 Å². The first-order valence-corrected chi connectivity index (χ1v) is 10.6. The van der Waals surface area contributed by atoms with Crippen LogP contribution in [0.5, 0.6) is 11.6 Å². The normalized spacial score (nSPS) is 10.8. The molecule has 0 aliphatic heterocycles. The lowest BCUT2D eigenvalue weighted by molar-refractivity contribution is 0.101. The number of hydrogen-bond donors (Lipinski definition) is 1. The molecule has 0 radical (unpaired) electrons. The second-order valence-electron chi connectivity index (χ2n) is 6.82. The topological polar surface area (TPSA) is 99.0 Å². The van der Waals surface area contributed by atoms with Crippen molar-refractivity contribution < 1.29 is 13.9 Å². The Morgan fingerprint density at radius 3 is 2.73 bits per heavy atom. The summed E-state index contributed by atoms with van der Waals surface area (Å²) in [6, 6.07) is 16.0. The van der Waals surface area contributed by atoms with E-state index in [1.165, 1.54) is 46.7 Å². The quantitative estimate of drug-likeness (QED) is 0.418. The second kappa shape index (κ2) is 8.60. The molecule has 0 fully saturated rings. The number of amides is 1. The number of anilines is 1. The number of nitrogens with one attached hydrogen (secondary N) is 1. The molecule has 3 heterocycles. The second-order valence-corrected chi connectivity index (χ2v) is 7.74. The molecule has 8 nitrogen and oxygen atoms in total. The van der Waals surface area contributed by atoms with Gasteiger partial charge in [-0.25, -0.2) is 19.0 Å². The highest BCUT2D eigenvalue weighted by Gasteiger charge is 2.16. The van der Waals surface area contributed by atoms with Gasteiger partial charge in [0.2, 0.25) is 11.3 Å². The molecule has 33 heavy (non-hydrogen) atoms. The number of ether oxygens (including phenoxy) is 1. The number of carbonyl (C=O) groups is 1. The van der Waals surface area contributed by atoms with Gasteiger partial charge in [0.15, 0.2) is 17.3 Å². The molecule has 5 aromatic rings. The number of para-hydroxylation sites is 1. The molecule has 1 N–H and O–H groups in total. The largest absolute Gasteiger partial charge is 0.434 e. The van der Waals surface area contributed by atoms with Crippen molar-refractivity contribution in [2.24, 2.45) is 0 Å². The lowest BCUT2D eigenvalue weighted by Crippen LogP contribution is -2.25. The summed E-state index contributed by atoms with van der Waals surface area (Å²) in [7, 11) is 0.